The van der Waals surface area contributed by atoms with Gasteiger partial charge in [0.05, 0.1) is 0 Å². The molecule has 0 aliphatic rings. The van der Waals surface area contributed by atoms with Crippen LogP contribution in [0, 0.1) is 29.7 Å². The van der Waals surface area contributed by atoms with Crippen LogP contribution in [0.1, 0.15) is 20.8 Å². The van der Waals surface area contributed by atoms with Gasteiger partial charge in [0, 0.05) is 21.7 Å². The molecule has 0 unspecified atom stereocenters. The minimum absolute atomic E-state index is 0. The van der Waals surface area contributed by atoms with E-state index in [1.807, 2.05) is 26.8 Å². The quantitative estimate of drug-likeness (QED) is 0.476. The molecule has 0 saturated carbocycles. The average molecular weight is 352 g/mol. The Labute approximate surface area is 160 Å². The molecule has 0 aliphatic carbocycles. The first kappa shape index (κ1) is 37.6. The van der Waals surface area contributed by atoms with Crippen molar-refractivity contribution in [3.05, 3.63) is 90.0 Å². The summed E-state index contributed by atoms with van der Waals surface area (Å²) < 4.78 is 0. The fraction of sp³-hybridized carbons (Fsp3) is 0.211. The molecule has 0 aromatic heterocycles. The normalized spacial score (nSPS) is 7.64. The van der Waals surface area contributed by atoms with Crippen molar-refractivity contribution in [2.24, 2.45) is 0 Å². The topological polar surface area (TPSA) is 23.8 Å². The number of nitrogens with one attached hydrogen (secondary N) is 1. The molecule has 1 radical (unpaired) electrons. The molecule has 0 atom stereocenters. The van der Waals surface area contributed by atoms with Crippen LogP contribution in [0.5, 0.6) is 0 Å². The molecule has 0 spiro atoms. The van der Waals surface area contributed by atoms with Gasteiger partial charge < -0.3 is 35.4 Å². The molecule has 22 heavy (non-hydrogen) atoms. The molecule has 0 saturated heterocycles. The second kappa shape index (κ2) is 18.5. The van der Waals surface area contributed by atoms with Crippen molar-refractivity contribution in [1.29, 1.82) is 0 Å². The molecular weight excluding hydrogens is 318 g/mol. The van der Waals surface area contributed by atoms with E-state index in [0.29, 0.717) is 0 Å². The maximum absolute atomic E-state index is 6.94. The van der Waals surface area contributed by atoms with Crippen LogP contribution < -0.4 is 0 Å². The van der Waals surface area contributed by atoms with Crippen LogP contribution in [0.25, 0.3) is 16.9 Å². The fourth-order valence-electron chi connectivity index (χ4n) is 1.20. The van der Waals surface area contributed by atoms with Crippen LogP contribution in [0.3, 0.4) is 0 Å². The molecule has 0 aliphatic heterocycles. The predicted molar refractivity (Wildman–Crippen MR) is 107 cm³/mol. The van der Waals surface area contributed by atoms with Gasteiger partial charge in [0.2, 0.25) is 0 Å². The van der Waals surface area contributed by atoms with Crippen molar-refractivity contribution < 1.29 is 21.7 Å². The number of hydrogen-bond acceptors (Lipinski definition) is 0. The van der Waals surface area contributed by atoms with Crippen LogP contribution in [0.2, 0.25) is 0 Å². The number of hydrogen-bond donors (Lipinski definition) is 0. The first-order valence-electron chi connectivity index (χ1n) is 5.49. The van der Waals surface area contributed by atoms with Gasteiger partial charge in [-0.2, -0.15) is 23.8 Å². The van der Waals surface area contributed by atoms with E-state index in [2.05, 4.69) is 48.5 Å². The third-order valence-electron chi connectivity index (χ3n) is 1.77. The van der Waals surface area contributed by atoms with E-state index in [1.165, 1.54) is 11.1 Å². The molecule has 0 bridgehead atoms. The molecular formula is C19H34NSiTi-6. The van der Waals surface area contributed by atoms with E-state index >= 15 is 0 Å². The molecule has 2 aromatic rings. The van der Waals surface area contributed by atoms with E-state index < -0.39 is 0 Å². The van der Waals surface area contributed by atoms with Crippen LogP contribution in [0.15, 0.2) is 54.6 Å². The Bertz CT molecular complexity index is 385. The van der Waals surface area contributed by atoms with Gasteiger partial charge in [-0.05, 0) is 11.0 Å². The van der Waals surface area contributed by atoms with E-state index in [1.54, 1.807) is 0 Å². The first-order chi connectivity index (χ1) is 7.47. The molecule has 129 valence electrons. The Morgan fingerprint density at radius 1 is 0.818 bits per heavy atom. The third kappa shape index (κ3) is 19.5. The van der Waals surface area contributed by atoms with Gasteiger partial charge >= 0.3 is 0 Å². The zero-order chi connectivity index (χ0) is 12.0. The molecule has 3 heteroatoms. The smallest absolute Gasteiger partial charge is 0 e. The van der Waals surface area contributed by atoms with Crippen molar-refractivity contribution in [2.45, 2.75) is 26.3 Å². The van der Waals surface area contributed by atoms with Crippen LogP contribution in [-0.2, 0) is 21.7 Å². The monoisotopic (exact) mass is 352 g/mol. The molecule has 2 rings (SSSR count). The summed E-state index contributed by atoms with van der Waals surface area (Å²) in [7, 11) is 0. The summed E-state index contributed by atoms with van der Waals surface area (Å²) in [6, 6.07) is 18.7. The second-order valence-electron chi connectivity index (χ2n) is 4.79. The third-order valence-corrected chi connectivity index (χ3v) is 1.77. The molecule has 1 nitrogen and oxygen atoms in total. The van der Waals surface area contributed by atoms with Crippen molar-refractivity contribution >= 4 is 11.0 Å². The number of rotatable bonds is 1. The van der Waals surface area contributed by atoms with E-state index in [9.17, 15) is 0 Å². The summed E-state index contributed by atoms with van der Waals surface area (Å²) in [6.07, 6.45) is 0. The molecule has 1 N–H and O–H groups in total. The minimum Gasteiger partial charge on any atom is -0.673 e. The summed E-state index contributed by atoms with van der Waals surface area (Å²) in [5.41, 5.74) is 9.27. The Morgan fingerprint density at radius 3 is 1.55 bits per heavy atom. The largest absolute Gasteiger partial charge is 0.673 e. The SMILES string of the molecule is CC(C)(C)[NH-].[CH3-].[CH3-].[CH3-].[CH3-].[SiH3].[Ti].c1ccc(-c2cc[cH-]c2)cc1. The van der Waals surface area contributed by atoms with Crippen LogP contribution >= 0.6 is 0 Å². The van der Waals surface area contributed by atoms with Crippen LogP contribution in [-0.4, -0.2) is 16.5 Å². The summed E-state index contributed by atoms with van der Waals surface area (Å²) >= 11 is 0. The maximum atomic E-state index is 6.94. The van der Waals surface area contributed by atoms with Gasteiger partial charge in [-0.3, -0.25) is 0 Å². The minimum atomic E-state index is -0.250. The van der Waals surface area contributed by atoms with Crippen molar-refractivity contribution in [2.75, 3.05) is 0 Å². The second-order valence-corrected chi connectivity index (χ2v) is 4.79. The van der Waals surface area contributed by atoms with Crippen LogP contribution in [0.4, 0.5) is 0 Å². The first-order valence-corrected chi connectivity index (χ1v) is 5.49. The Balaban J connectivity index is -0.0000000530. The van der Waals surface area contributed by atoms with Gasteiger partial charge in [-0.25, -0.2) is 6.07 Å². The van der Waals surface area contributed by atoms with Crippen molar-refractivity contribution in [1.82, 2.24) is 0 Å². The molecule has 2 aromatic carbocycles. The van der Waals surface area contributed by atoms with Crippen molar-refractivity contribution in [3.63, 3.8) is 0 Å². The standard InChI is InChI=1S/C11H9.C4H10N.4CH3.H3Si.Ti/c1-2-6-10(7-3-1)11-8-4-5-9-11;1-4(2,3)5;;;;;;/h1-9H;5H,1-3H3;5*1H3;/q6*-1;;. The molecule has 0 fully saturated rings. The Morgan fingerprint density at radius 2 is 1.23 bits per heavy atom. The predicted octanol–water partition coefficient (Wildman–Crippen LogP) is 5.52. The summed E-state index contributed by atoms with van der Waals surface area (Å²) in [6.45, 7) is 5.56. The zero-order valence-electron chi connectivity index (χ0n) is 15.7. The van der Waals surface area contributed by atoms with Gasteiger partial charge in [-0.15, -0.1) is 5.54 Å². The van der Waals surface area contributed by atoms with Gasteiger partial charge in [0.1, 0.15) is 0 Å². The number of benzene rings is 1. The maximum Gasteiger partial charge on any atom is 0 e. The average Bonchev–Trinajstić information content (AvgIpc) is 2.69. The van der Waals surface area contributed by atoms with E-state index in [-0.39, 0.29) is 67.9 Å². The van der Waals surface area contributed by atoms with E-state index in [4.69, 9.17) is 5.73 Å². The Kier molecular flexibility index (Phi) is 31.6. The van der Waals surface area contributed by atoms with Gasteiger partial charge in [-0.1, -0.05) is 56.7 Å². The van der Waals surface area contributed by atoms with E-state index in [0.717, 1.165) is 0 Å². The van der Waals surface area contributed by atoms with Gasteiger partial charge in [0.25, 0.3) is 0 Å². The molecule has 0 heterocycles. The summed E-state index contributed by atoms with van der Waals surface area (Å²) in [5, 5.41) is 0. The molecule has 0 amide bonds. The zero-order valence-corrected chi connectivity index (χ0v) is 19.3. The summed E-state index contributed by atoms with van der Waals surface area (Å²) in [5.74, 6) is 0. The summed E-state index contributed by atoms with van der Waals surface area (Å²) in [4.78, 5) is 0. The van der Waals surface area contributed by atoms with Gasteiger partial charge in [0.15, 0.2) is 0 Å². The van der Waals surface area contributed by atoms with Crippen molar-refractivity contribution in [3.8, 4) is 11.1 Å². The fourth-order valence-corrected chi connectivity index (χ4v) is 1.20. The Hall–Kier alpha value is -0.539.